The van der Waals surface area contributed by atoms with E-state index in [0.29, 0.717) is 14.7 Å². The highest BCUT2D eigenvalue weighted by atomic mass is 32.3. The topological polar surface area (TPSA) is 43.4 Å². The third-order valence-corrected chi connectivity index (χ3v) is 10.3. The van der Waals surface area contributed by atoms with Crippen LogP contribution in [0, 0.1) is 25.5 Å². The number of hydrogen-bond donors (Lipinski definition) is 0. The number of hydrogen-bond acceptors (Lipinski definition) is 3. The summed E-state index contributed by atoms with van der Waals surface area (Å²) in [5.74, 6) is -0.923. The predicted octanol–water partition coefficient (Wildman–Crippen LogP) is 7.18. The molecular formula is C26H22F2O3S2. The molecule has 0 aromatic heterocycles. The zero-order chi connectivity index (χ0) is 23.6. The van der Waals surface area contributed by atoms with Crippen molar-refractivity contribution in [1.82, 2.24) is 0 Å². The van der Waals surface area contributed by atoms with Crippen LogP contribution in [0.5, 0.6) is 0 Å². The smallest absolute Gasteiger partial charge is 0.207 e. The Balaban J connectivity index is 2.02. The van der Waals surface area contributed by atoms with Gasteiger partial charge in [-0.3, -0.25) is 0 Å². The van der Waals surface area contributed by atoms with Crippen LogP contribution in [0.15, 0.2) is 117 Å². The van der Waals surface area contributed by atoms with Gasteiger partial charge in [0.15, 0.2) is 0 Å². The lowest BCUT2D eigenvalue weighted by atomic mass is 10.2. The molecule has 0 spiro atoms. The number of rotatable bonds is 6. The first-order valence-electron chi connectivity index (χ1n) is 10.1. The average molecular weight is 485 g/mol. The van der Waals surface area contributed by atoms with E-state index in [2.05, 4.69) is 0 Å². The summed E-state index contributed by atoms with van der Waals surface area (Å²) < 4.78 is 60.9. The van der Waals surface area contributed by atoms with Gasteiger partial charge in [0.2, 0.25) is 0 Å². The largest absolute Gasteiger partial charge is 0.307 e. The molecule has 0 atom stereocenters. The van der Waals surface area contributed by atoms with Gasteiger partial charge in [0.05, 0.1) is 4.90 Å². The molecule has 0 saturated carbocycles. The third-order valence-electron chi connectivity index (χ3n) is 5.15. The first kappa shape index (κ1) is 23.2. The van der Waals surface area contributed by atoms with Crippen molar-refractivity contribution < 1.29 is 20.8 Å². The Bertz CT molecular complexity index is 1240. The van der Waals surface area contributed by atoms with Gasteiger partial charge in [-0.05, 0) is 97.0 Å². The van der Waals surface area contributed by atoms with Crippen LogP contribution in [-0.4, -0.2) is 8.42 Å². The Labute approximate surface area is 194 Å². The summed E-state index contributed by atoms with van der Waals surface area (Å²) in [6, 6.07) is 24.7. The van der Waals surface area contributed by atoms with Crippen LogP contribution in [0.1, 0.15) is 11.1 Å². The molecule has 3 nitrogen and oxygen atoms in total. The van der Waals surface area contributed by atoms with Gasteiger partial charge in [-0.25, -0.2) is 12.4 Å². The molecular weight excluding hydrogens is 462 g/mol. The van der Waals surface area contributed by atoms with Gasteiger partial charge in [-0.15, -0.1) is 0 Å². The van der Waals surface area contributed by atoms with Crippen LogP contribution in [0.25, 0.3) is 0 Å². The Morgan fingerprint density at radius 3 is 1.18 bits per heavy atom. The van der Waals surface area contributed by atoms with E-state index in [-0.39, 0.29) is 4.90 Å². The van der Waals surface area contributed by atoms with Gasteiger partial charge in [0.1, 0.15) is 11.6 Å². The molecule has 0 heterocycles. The van der Waals surface area contributed by atoms with E-state index >= 15 is 0 Å². The molecule has 4 aromatic carbocycles. The van der Waals surface area contributed by atoms with Crippen LogP contribution in [-0.2, 0) is 13.7 Å². The van der Waals surface area contributed by atoms with Crippen LogP contribution < -0.4 is 0 Å². The molecule has 4 rings (SSSR count). The van der Waals surface area contributed by atoms with Gasteiger partial charge in [-0.2, -0.15) is 8.42 Å². The molecule has 4 aromatic rings. The molecule has 0 radical (unpaired) electrons. The number of aryl methyl sites for hydroxylation is 2. The van der Waals surface area contributed by atoms with Crippen molar-refractivity contribution in [3.05, 3.63) is 120 Å². The summed E-state index contributed by atoms with van der Waals surface area (Å²) in [5, 5.41) is 0. The summed E-state index contributed by atoms with van der Waals surface area (Å²) >= 11 is 0. The summed E-state index contributed by atoms with van der Waals surface area (Å²) in [5.41, 5.74) is 1.88. The fourth-order valence-electron chi connectivity index (χ4n) is 3.39. The first-order valence-corrected chi connectivity index (χ1v) is 13.1. The molecule has 0 aliphatic carbocycles. The first-order chi connectivity index (χ1) is 15.7. The van der Waals surface area contributed by atoms with Crippen molar-refractivity contribution in [2.45, 2.75) is 33.4 Å². The SMILES string of the molecule is Cc1ccc(S(OS(=O)(=O)c2ccc(C)cc2)(c2ccc(F)cc2)c2ccc(F)cc2)cc1. The van der Waals surface area contributed by atoms with Crippen molar-refractivity contribution in [3.8, 4) is 0 Å². The van der Waals surface area contributed by atoms with E-state index in [1.165, 1.54) is 60.7 Å². The molecule has 0 aliphatic heterocycles. The quantitative estimate of drug-likeness (QED) is 0.291. The number of halogens is 2. The monoisotopic (exact) mass is 484 g/mol. The van der Waals surface area contributed by atoms with Gasteiger partial charge in [0, 0.05) is 14.7 Å². The fraction of sp³-hybridized carbons (Fsp3) is 0.0769. The number of benzene rings is 4. The lowest BCUT2D eigenvalue weighted by molar-refractivity contribution is 0.508. The molecule has 0 fully saturated rings. The van der Waals surface area contributed by atoms with Crippen molar-refractivity contribution in [2.24, 2.45) is 0 Å². The van der Waals surface area contributed by atoms with Crippen LogP contribution >= 0.6 is 10.3 Å². The van der Waals surface area contributed by atoms with Crippen LogP contribution in [0.3, 0.4) is 0 Å². The maximum atomic E-state index is 13.8. The minimum Gasteiger partial charge on any atom is -0.207 e. The highest BCUT2D eigenvalue weighted by Gasteiger charge is 2.38. The normalized spacial score (nSPS) is 12.5. The maximum absolute atomic E-state index is 13.8. The second kappa shape index (κ2) is 9.09. The average Bonchev–Trinajstić information content (AvgIpc) is 2.79. The van der Waals surface area contributed by atoms with Crippen LogP contribution in [0.4, 0.5) is 8.78 Å². The standard InChI is InChI=1S/C26H22F2O3S2/c1-19-3-11-23(12-4-19)32(24-15-7-21(27)8-16-24,25-17-9-22(28)10-18-25)31-33(29,30)26-13-5-20(2)6-14-26/h3-18H,1-2H3. The van der Waals surface area contributed by atoms with Gasteiger partial charge in [0.25, 0.3) is 0 Å². The summed E-state index contributed by atoms with van der Waals surface area (Å²) in [6.45, 7) is 3.77. The van der Waals surface area contributed by atoms with E-state index in [9.17, 15) is 17.2 Å². The summed E-state index contributed by atoms with van der Waals surface area (Å²) in [4.78, 5) is 1.52. The lowest BCUT2D eigenvalue weighted by Gasteiger charge is -2.39. The molecule has 0 bridgehead atoms. The zero-order valence-corrected chi connectivity index (χ0v) is 19.7. The minimum absolute atomic E-state index is 0.00121. The van der Waals surface area contributed by atoms with E-state index in [1.807, 2.05) is 26.0 Å². The predicted molar refractivity (Wildman–Crippen MR) is 126 cm³/mol. The summed E-state index contributed by atoms with van der Waals surface area (Å²) in [6.07, 6.45) is 0. The molecule has 0 aliphatic rings. The Hall–Kier alpha value is -3.00. The third kappa shape index (κ3) is 4.71. The molecule has 33 heavy (non-hydrogen) atoms. The highest BCUT2D eigenvalue weighted by Crippen LogP contribution is 2.70. The van der Waals surface area contributed by atoms with E-state index < -0.39 is 32.1 Å². The van der Waals surface area contributed by atoms with Crippen molar-refractivity contribution in [1.29, 1.82) is 0 Å². The lowest BCUT2D eigenvalue weighted by Crippen LogP contribution is -2.14. The van der Waals surface area contributed by atoms with Gasteiger partial charge >= 0.3 is 10.1 Å². The Kier molecular flexibility index (Phi) is 6.38. The molecule has 0 N–H and O–H groups in total. The van der Waals surface area contributed by atoms with Crippen molar-refractivity contribution in [3.63, 3.8) is 0 Å². The van der Waals surface area contributed by atoms with E-state index in [0.717, 1.165) is 11.1 Å². The van der Waals surface area contributed by atoms with Gasteiger partial charge < -0.3 is 0 Å². The summed E-state index contributed by atoms with van der Waals surface area (Å²) in [7, 11) is -7.18. The van der Waals surface area contributed by atoms with E-state index in [4.69, 9.17) is 3.63 Å². The molecule has 170 valence electrons. The molecule has 0 saturated heterocycles. The minimum atomic E-state index is -4.26. The van der Waals surface area contributed by atoms with Crippen molar-refractivity contribution in [2.75, 3.05) is 0 Å². The fourth-order valence-corrected chi connectivity index (χ4v) is 8.56. The zero-order valence-electron chi connectivity index (χ0n) is 18.0. The van der Waals surface area contributed by atoms with E-state index in [1.54, 1.807) is 24.3 Å². The van der Waals surface area contributed by atoms with Crippen molar-refractivity contribution >= 4 is 20.4 Å². The van der Waals surface area contributed by atoms with Crippen LogP contribution in [0.2, 0.25) is 0 Å². The molecule has 0 amide bonds. The highest BCUT2D eigenvalue weighted by molar-refractivity contribution is 8.33. The second-order valence-corrected chi connectivity index (χ2v) is 12.1. The molecule has 7 heteroatoms. The van der Waals surface area contributed by atoms with Gasteiger partial charge in [-0.1, -0.05) is 35.4 Å². The maximum Gasteiger partial charge on any atom is 0.307 e. The second-order valence-electron chi connectivity index (χ2n) is 7.61. The Morgan fingerprint density at radius 2 is 0.818 bits per heavy atom. The Morgan fingerprint density at radius 1 is 0.515 bits per heavy atom. The molecule has 0 unspecified atom stereocenters.